The number of para-hydroxylation sites is 1. The molecule has 19 heavy (non-hydrogen) atoms. The van der Waals surface area contributed by atoms with E-state index in [-0.39, 0.29) is 23.9 Å². The quantitative estimate of drug-likeness (QED) is 0.855. The lowest BCUT2D eigenvalue weighted by atomic mass is 9.86. The number of rotatable bonds is 1. The Hall–Kier alpha value is -1.81. The summed E-state index contributed by atoms with van der Waals surface area (Å²) in [4.78, 5) is 12.5. The molecule has 1 aromatic heterocycles. The number of hydrogen-bond acceptors (Lipinski definition) is 4. The first-order valence-electron chi connectivity index (χ1n) is 6.40. The molecule has 0 saturated carbocycles. The Morgan fingerprint density at radius 1 is 1.42 bits per heavy atom. The van der Waals surface area contributed by atoms with Gasteiger partial charge in [-0.05, 0) is 31.4 Å². The molecule has 0 spiro atoms. The van der Waals surface area contributed by atoms with Gasteiger partial charge in [-0.15, -0.1) is 0 Å². The molecular formula is C15H16O4. The third-order valence-corrected chi connectivity index (χ3v) is 3.70. The summed E-state index contributed by atoms with van der Waals surface area (Å²) in [5, 5.41) is 10.0. The summed E-state index contributed by atoms with van der Waals surface area (Å²) in [6.07, 6.45) is 0.597. The fourth-order valence-electron chi connectivity index (χ4n) is 2.75. The number of aliphatic hydroxyl groups excluding tert-OH is 1. The van der Waals surface area contributed by atoms with Gasteiger partial charge in [-0.3, -0.25) is 4.79 Å². The van der Waals surface area contributed by atoms with Gasteiger partial charge in [0.25, 0.3) is 5.95 Å². The molecule has 2 heterocycles. The largest absolute Gasteiger partial charge is 0.456 e. The van der Waals surface area contributed by atoms with E-state index in [1.54, 1.807) is 12.1 Å². The number of hydrogen-bond donors (Lipinski definition) is 1. The predicted molar refractivity (Wildman–Crippen MR) is 71.6 cm³/mol. The molecule has 0 aliphatic carbocycles. The monoisotopic (exact) mass is 260 g/mol. The SMILES string of the molecule is C[C@H]1C[C@@](C)(CO)Oc2oc3ccccc3c(=O)c21. The van der Waals surface area contributed by atoms with Crippen LogP contribution in [0.2, 0.25) is 0 Å². The van der Waals surface area contributed by atoms with Crippen molar-refractivity contribution in [3.05, 3.63) is 40.1 Å². The predicted octanol–water partition coefficient (Wildman–Crippen LogP) is 2.43. The molecule has 0 radical (unpaired) electrons. The second-order valence-corrected chi connectivity index (χ2v) is 5.44. The highest BCUT2D eigenvalue weighted by atomic mass is 16.6. The van der Waals surface area contributed by atoms with Gasteiger partial charge in [-0.1, -0.05) is 19.1 Å². The Morgan fingerprint density at radius 2 is 2.16 bits per heavy atom. The zero-order valence-corrected chi connectivity index (χ0v) is 11.0. The number of aliphatic hydroxyl groups is 1. The third-order valence-electron chi connectivity index (χ3n) is 3.70. The van der Waals surface area contributed by atoms with Crippen molar-refractivity contribution in [1.82, 2.24) is 0 Å². The molecule has 0 unspecified atom stereocenters. The highest BCUT2D eigenvalue weighted by Gasteiger charge is 2.38. The minimum Gasteiger partial charge on any atom is -0.456 e. The molecule has 4 heteroatoms. The fourth-order valence-corrected chi connectivity index (χ4v) is 2.75. The number of benzene rings is 1. The second kappa shape index (κ2) is 4.10. The van der Waals surface area contributed by atoms with Crippen molar-refractivity contribution in [3.63, 3.8) is 0 Å². The molecule has 2 aromatic rings. The van der Waals surface area contributed by atoms with Crippen LogP contribution in [0.1, 0.15) is 31.7 Å². The molecule has 2 atom stereocenters. The van der Waals surface area contributed by atoms with Gasteiger partial charge in [0.05, 0.1) is 17.6 Å². The third kappa shape index (κ3) is 1.83. The Bertz CT molecular complexity index is 688. The van der Waals surface area contributed by atoms with Crippen LogP contribution >= 0.6 is 0 Å². The average molecular weight is 260 g/mol. The van der Waals surface area contributed by atoms with Crippen LogP contribution in [0.4, 0.5) is 0 Å². The molecule has 1 N–H and O–H groups in total. The van der Waals surface area contributed by atoms with Crippen LogP contribution < -0.4 is 10.2 Å². The first-order valence-corrected chi connectivity index (χ1v) is 6.40. The van der Waals surface area contributed by atoms with E-state index in [0.29, 0.717) is 23.0 Å². The summed E-state index contributed by atoms with van der Waals surface area (Å²) in [5.41, 5.74) is 0.361. The standard InChI is InChI=1S/C15H16O4/c1-9-7-15(2,8-16)19-14-12(9)13(17)10-5-3-4-6-11(10)18-14/h3-6,9,16H,7-8H2,1-2H3/t9-,15-/m0/s1. The van der Waals surface area contributed by atoms with E-state index in [0.717, 1.165) is 0 Å². The van der Waals surface area contributed by atoms with Gasteiger partial charge >= 0.3 is 0 Å². The molecule has 0 fully saturated rings. The van der Waals surface area contributed by atoms with Crippen molar-refractivity contribution >= 4 is 11.0 Å². The molecule has 1 aromatic carbocycles. The molecule has 4 nitrogen and oxygen atoms in total. The highest BCUT2D eigenvalue weighted by Crippen LogP contribution is 2.40. The zero-order valence-electron chi connectivity index (χ0n) is 11.0. The Morgan fingerprint density at radius 3 is 2.89 bits per heavy atom. The summed E-state index contributed by atoms with van der Waals surface area (Å²) in [6.45, 7) is 3.68. The van der Waals surface area contributed by atoms with E-state index >= 15 is 0 Å². The van der Waals surface area contributed by atoms with Gasteiger partial charge < -0.3 is 14.3 Å². The molecule has 100 valence electrons. The first-order chi connectivity index (χ1) is 9.04. The summed E-state index contributed by atoms with van der Waals surface area (Å²) in [5.74, 6) is 0.251. The van der Waals surface area contributed by atoms with Crippen LogP contribution in [0.3, 0.4) is 0 Å². The van der Waals surface area contributed by atoms with Crippen LogP contribution in [0.5, 0.6) is 5.95 Å². The van der Waals surface area contributed by atoms with Crippen LogP contribution in [-0.4, -0.2) is 17.3 Å². The van der Waals surface area contributed by atoms with E-state index < -0.39 is 5.60 Å². The van der Waals surface area contributed by atoms with Crippen molar-refractivity contribution in [2.75, 3.05) is 6.61 Å². The molecule has 1 aliphatic heterocycles. The molecule has 0 amide bonds. The van der Waals surface area contributed by atoms with Gasteiger partial charge in [0, 0.05) is 0 Å². The smallest absolute Gasteiger partial charge is 0.293 e. The maximum atomic E-state index is 12.5. The van der Waals surface area contributed by atoms with Crippen molar-refractivity contribution in [1.29, 1.82) is 0 Å². The van der Waals surface area contributed by atoms with E-state index in [1.165, 1.54) is 0 Å². The van der Waals surface area contributed by atoms with Crippen LogP contribution in [0, 0.1) is 0 Å². The van der Waals surface area contributed by atoms with Crippen molar-refractivity contribution in [2.45, 2.75) is 31.8 Å². The maximum Gasteiger partial charge on any atom is 0.293 e. The van der Waals surface area contributed by atoms with Crippen molar-refractivity contribution < 1.29 is 14.3 Å². The lowest BCUT2D eigenvalue weighted by Crippen LogP contribution is -2.42. The van der Waals surface area contributed by atoms with E-state index in [4.69, 9.17) is 9.15 Å². The van der Waals surface area contributed by atoms with Gasteiger partial charge in [-0.25, -0.2) is 0 Å². The topological polar surface area (TPSA) is 59.7 Å². The zero-order chi connectivity index (χ0) is 13.6. The Labute approximate surface area is 110 Å². The highest BCUT2D eigenvalue weighted by molar-refractivity contribution is 5.77. The van der Waals surface area contributed by atoms with Crippen LogP contribution in [0.15, 0.2) is 33.5 Å². The van der Waals surface area contributed by atoms with Crippen molar-refractivity contribution in [2.24, 2.45) is 0 Å². The first kappa shape index (κ1) is 12.2. The second-order valence-electron chi connectivity index (χ2n) is 5.44. The molecular weight excluding hydrogens is 244 g/mol. The molecule has 0 bridgehead atoms. The molecule has 3 rings (SSSR count). The minimum absolute atomic E-state index is 0.00163. The van der Waals surface area contributed by atoms with Crippen LogP contribution in [0.25, 0.3) is 11.0 Å². The van der Waals surface area contributed by atoms with E-state index in [9.17, 15) is 9.90 Å². The summed E-state index contributed by atoms with van der Waals surface area (Å²) in [6, 6.07) is 7.14. The van der Waals surface area contributed by atoms with E-state index in [2.05, 4.69) is 0 Å². The molecule has 1 aliphatic rings. The normalized spacial score (nSPS) is 25.9. The summed E-state index contributed by atoms with van der Waals surface area (Å²) >= 11 is 0. The van der Waals surface area contributed by atoms with Gasteiger partial charge in [0.2, 0.25) is 0 Å². The summed E-state index contributed by atoms with van der Waals surface area (Å²) < 4.78 is 11.4. The summed E-state index contributed by atoms with van der Waals surface area (Å²) in [7, 11) is 0. The lowest BCUT2D eigenvalue weighted by molar-refractivity contribution is -0.0178. The maximum absolute atomic E-state index is 12.5. The lowest BCUT2D eigenvalue weighted by Gasteiger charge is -2.35. The van der Waals surface area contributed by atoms with Crippen molar-refractivity contribution in [3.8, 4) is 5.95 Å². The fraction of sp³-hybridized carbons (Fsp3) is 0.400. The van der Waals surface area contributed by atoms with Crippen LogP contribution in [-0.2, 0) is 0 Å². The number of ether oxygens (including phenoxy) is 1. The van der Waals surface area contributed by atoms with E-state index in [1.807, 2.05) is 26.0 Å². The van der Waals surface area contributed by atoms with Gasteiger partial charge in [-0.2, -0.15) is 0 Å². The van der Waals surface area contributed by atoms with Gasteiger partial charge in [0.15, 0.2) is 5.43 Å². The Kier molecular flexibility index (Phi) is 2.64. The van der Waals surface area contributed by atoms with Gasteiger partial charge in [0.1, 0.15) is 11.2 Å². The average Bonchev–Trinajstić information content (AvgIpc) is 2.38. The number of fused-ring (bicyclic) bond motifs is 2. The molecule has 0 saturated heterocycles. The minimum atomic E-state index is -0.690. The Balaban J connectivity index is 2.28.